The van der Waals surface area contributed by atoms with E-state index in [4.69, 9.17) is 21.3 Å². The lowest BCUT2D eigenvalue weighted by Crippen LogP contribution is -2.36. The Morgan fingerprint density at radius 1 is 1.47 bits per heavy atom. The van der Waals surface area contributed by atoms with Gasteiger partial charge >= 0.3 is 5.97 Å². The molecule has 5 N–H and O–H groups in total. The first-order valence-corrected chi connectivity index (χ1v) is 5.56. The van der Waals surface area contributed by atoms with E-state index in [0.29, 0.717) is 6.61 Å². The molecule has 0 aliphatic carbocycles. The average molecular weight is 236 g/mol. The first kappa shape index (κ1) is 11.9. The molecule has 0 amide bonds. The van der Waals surface area contributed by atoms with Gasteiger partial charge in [0, 0.05) is 18.5 Å². The molecule has 2 atom stereocenters. The van der Waals surface area contributed by atoms with E-state index in [1.165, 1.54) is 0 Å². The van der Waals surface area contributed by atoms with Crippen molar-refractivity contribution < 1.29 is 14.6 Å². The Hall–Kier alpha value is -1.59. The molecule has 17 heavy (non-hydrogen) atoms. The van der Waals surface area contributed by atoms with Crippen LogP contribution < -0.4 is 16.2 Å². The molecule has 0 saturated heterocycles. The largest absolute Gasteiger partial charge is 0.493 e. The van der Waals surface area contributed by atoms with Crippen molar-refractivity contribution >= 4 is 5.97 Å². The minimum absolute atomic E-state index is 0.130. The second-order valence-corrected chi connectivity index (χ2v) is 4.25. The smallest absolute Gasteiger partial charge is 0.304 e. The predicted molar refractivity (Wildman–Crippen MR) is 62.8 cm³/mol. The van der Waals surface area contributed by atoms with E-state index < -0.39 is 18.1 Å². The molecule has 0 aromatic heterocycles. The standard InChI is InChI=1S/C12H16N2O3/c13-9(6-11(15)16)12(14)8-1-2-10-7(5-8)3-4-17-10/h1-2,5,9,12H,3-4,6,13-14H2,(H,15,16). The summed E-state index contributed by atoms with van der Waals surface area (Å²) in [6.45, 7) is 0.690. The topological polar surface area (TPSA) is 98.6 Å². The molecule has 0 fully saturated rings. The van der Waals surface area contributed by atoms with Crippen LogP contribution in [0.15, 0.2) is 18.2 Å². The highest BCUT2D eigenvalue weighted by Gasteiger charge is 2.20. The summed E-state index contributed by atoms with van der Waals surface area (Å²) < 4.78 is 5.39. The van der Waals surface area contributed by atoms with Crippen molar-refractivity contribution in [1.82, 2.24) is 0 Å². The van der Waals surface area contributed by atoms with Gasteiger partial charge in [-0.05, 0) is 17.2 Å². The van der Waals surface area contributed by atoms with Crippen molar-refractivity contribution in [2.75, 3.05) is 6.61 Å². The summed E-state index contributed by atoms with van der Waals surface area (Å²) in [5, 5.41) is 8.68. The SMILES string of the molecule is NC(CC(=O)O)C(N)c1ccc2c(c1)CCO2. The molecule has 0 spiro atoms. The molecule has 1 aliphatic rings. The number of aliphatic carboxylic acids is 1. The van der Waals surface area contributed by atoms with E-state index in [1.807, 2.05) is 18.2 Å². The number of hydrogen-bond acceptors (Lipinski definition) is 4. The Morgan fingerprint density at radius 2 is 2.24 bits per heavy atom. The summed E-state index contributed by atoms with van der Waals surface area (Å²) in [6, 6.07) is 4.63. The van der Waals surface area contributed by atoms with Crippen LogP contribution in [0.4, 0.5) is 0 Å². The van der Waals surface area contributed by atoms with Crippen LogP contribution in [0.5, 0.6) is 5.75 Å². The molecule has 5 nitrogen and oxygen atoms in total. The van der Waals surface area contributed by atoms with Gasteiger partial charge < -0.3 is 21.3 Å². The van der Waals surface area contributed by atoms with Gasteiger partial charge in [0.15, 0.2) is 0 Å². The van der Waals surface area contributed by atoms with Crippen molar-refractivity contribution in [2.24, 2.45) is 11.5 Å². The summed E-state index contributed by atoms with van der Waals surface area (Å²) in [6.07, 6.45) is 0.735. The molecule has 5 heteroatoms. The van der Waals surface area contributed by atoms with Gasteiger partial charge in [-0.1, -0.05) is 12.1 Å². The third-order valence-electron chi connectivity index (χ3n) is 2.97. The van der Waals surface area contributed by atoms with Gasteiger partial charge in [-0.25, -0.2) is 0 Å². The Kier molecular flexibility index (Phi) is 3.31. The third-order valence-corrected chi connectivity index (χ3v) is 2.97. The highest BCUT2D eigenvalue weighted by atomic mass is 16.5. The van der Waals surface area contributed by atoms with Crippen LogP contribution >= 0.6 is 0 Å². The van der Waals surface area contributed by atoms with Crippen LogP contribution in [0.1, 0.15) is 23.6 Å². The third kappa shape index (κ3) is 2.57. The van der Waals surface area contributed by atoms with Crippen LogP contribution in [0.3, 0.4) is 0 Å². The average Bonchev–Trinajstić information content (AvgIpc) is 2.73. The maximum atomic E-state index is 10.6. The number of rotatable bonds is 4. The zero-order valence-electron chi connectivity index (χ0n) is 9.43. The van der Waals surface area contributed by atoms with E-state index in [0.717, 1.165) is 23.3 Å². The Labute approximate surface area is 99.4 Å². The van der Waals surface area contributed by atoms with Gasteiger partial charge in [0.25, 0.3) is 0 Å². The van der Waals surface area contributed by atoms with Gasteiger partial charge in [-0.3, -0.25) is 4.79 Å². The van der Waals surface area contributed by atoms with Gasteiger partial charge in [0.05, 0.1) is 13.0 Å². The van der Waals surface area contributed by atoms with Crippen molar-refractivity contribution in [3.8, 4) is 5.75 Å². The predicted octanol–water partition coefficient (Wildman–Crippen LogP) is 0.423. The van der Waals surface area contributed by atoms with Crippen LogP contribution in [-0.2, 0) is 11.2 Å². The highest BCUT2D eigenvalue weighted by Crippen LogP contribution is 2.28. The highest BCUT2D eigenvalue weighted by molar-refractivity contribution is 5.67. The fraction of sp³-hybridized carbons (Fsp3) is 0.417. The molecular formula is C12H16N2O3. The Morgan fingerprint density at radius 3 is 2.94 bits per heavy atom. The number of ether oxygens (including phenoxy) is 1. The normalized spacial score (nSPS) is 17.1. The number of nitrogens with two attached hydrogens (primary N) is 2. The summed E-state index contributed by atoms with van der Waals surface area (Å²) >= 11 is 0. The van der Waals surface area contributed by atoms with E-state index in [2.05, 4.69) is 0 Å². The van der Waals surface area contributed by atoms with Crippen molar-refractivity contribution in [2.45, 2.75) is 24.9 Å². The van der Waals surface area contributed by atoms with Gasteiger partial charge in [0.2, 0.25) is 0 Å². The lowest BCUT2D eigenvalue weighted by molar-refractivity contribution is -0.137. The zero-order valence-corrected chi connectivity index (χ0v) is 9.43. The minimum atomic E-state index is -0.933. The molecule has 0 saturated carbocycles. The monoisotopic (exact) mass is 236 g/mol. The molecule has 1 heterocycles. The molecule has 1 aliphatic heterocycles. The fourth-order valence-electron chi connectivity index (χ4n) is 1.99. The van der Waals surface area contributed by atoms with Crippen LogP contribution in [-0.4, -0.2) is 23.7 Å². The Balaban J connectivity index is 2.14. The quantitative estimate of drug-likeness (QED) is 0.703. The van der Waals surface area contributed by atoms with Crippen molar-refractivity contribution in [3.05, 3.63) is 29.3 Å². The summed E-state index contributed by atoms with van der Waals surface area (Å²) in [4.78, 5) is 10.6. The molecular weight excluding hydrogens is 220 g/mol. The number of benzene rings is 1. The van der Waals surface area contributed by atoms with Gasteiger partial charge in [0.1, 0.15) is 5.75 Å². The molecule has 2 rings (SSSR count). The molecule has 1 aromatic carbocycles. The van der Waals surface area contributed by atoms with E-state index >= 15 is 0 Å². The number of carbonyl (C=O) groups is 1. The minimum Gasteiger partial charge on any atom is -0.493 e. The second-order valence-electron chi connectivity index (χ2n) is 4.25. The molecule has 1 aromatic rings. The van der Waals surface area contributed by atoms with E-state index in [1.54, 1.807) is 0 Å². The number of fused-ring (bicyclic) bond motifs is 1. The maximum Gasteiger partial charge on any atom is 0.304 e. The first-order chi connectivity index (χ1) is 8.08. The Bertz CT molecular complexity index is 434. The lowest BCUT2D eigenvalue weighted by atomic mass is 9.96. The lowest BCUT2D eigenvalue weighted by Gasteiger charge is -2.19. The number of carboxylic acids is 1. The summed E-state index contributed by atoms with van der Waals surface area (Å²) in [7, 11) is 0. The van der Waals surface area contributed by atoms with Crippen LogP contribution in [0.25, 0.3) is 0 Å². The van der Waals surface area contributed by atoms with Crippen LogP contribution in [0.2, 0.25) is 0 Å². The fourth-order valence-corrected chi connectivity index (χ4v) is 1.99. The zero-order chi connectivity index (χ0) is 12.4. The van der Waals surface area contributed by atoms with Crippen LogP contribution in [0, 0.1) is 0 Å². The molecule has 0 radical (unpaired) electrons. The maximum absolute atomic E-state index is 10.6. The summed E-state index contributed by atoms with van der Waals surface area (Å²) in [5.41, 5.74) is 13.7. The van der Waals surface area contributed by atoms with E-state index in [9.17, 15) is 4.79 Å². The number of carboxylic acid groups (broad SMARTS) is 1. The van der Waals surface area contributed by atoms with Gasteiger partial charge in [-0.15, -0.1) is 0 Å². The second kappa shape index (κ2) is 4.73. The van der Waals surface area contributed by atoms with E-state index in [-0.39, 0.29) is 6.42 Å². The van der Waals surface area contributed by atoms with Crippen molar-refractivity contribution in [1.29, 1.82) is 0 Å². The molecule has 92 valence electrons. The molecule has 0 bridgehead atoms. The molecule has 2 unspecified atom stereocenters. The first-order valence-electron chi connectivity index (χ1n) is 5.56. The summed E-state index contributed by atoms with van der Waals surface area (Å²) in [5.74, 6) is -0.0507. The van der Waals surface area contributed by atoms with Crippen molar-refractivity contribution in [3.63, 3.8) is 0 Å². The number of hydrogen-bond donors (Lipinski definition) is 3. The van der Waals surface area contributed by atoms with Gasteiger partial charge in [-0.2, -0.15) is 0 Å².